The van der Waals surface area contributed by atoms with E-state index in [2.05, 4.69) is 10.2 Å². The summed E-state index contributed by atoms with van der Waals surface area (Å²) in [5.41, 5.74) is 0.975. The third-order valence-electron chi connectivity index (χ3n) is 4.65. The number of hydrogen-bond acceptors (Lipinski definition) is 6. The van der Waals surface area contributed by atoms with Gasteiger partial charge in [0.1, 0.15) is 5.75 Å². The Morgan fingerprint density at radius 2 is 1.89 bits per heavy atom. The number of hydrogen-bond donors (Lipinski definition) is 1. The average Bonchev–Trinajstić information content (AvgIpc) is 3.21. The number of nitrogens with one attached hydrogen (secondary N) is 1. The maximum absolute atomic E-state index is 12.6. The minimum atomic E-state index is -3.40. The normalized spacial score (nSPS) is 15.4. The summed E-state index contributed by atoms with van der Waals surface area (Å²) in [6, 6.07) is 11.5. The Kier molecular flexibility index (Phi) is 6.93. The maximum Gasteiger partial charge on any atom is 0.225 e. The Bertz CT molecular complexity index is 876. The zero-order chi connectivity index (χ0) is 20.0. The van der Waals surface area contributed by atoms with Crippen LogP contribution in [0.5, 0.6) is 5.75 Å². The summed E-state index contributed by atoms with van der Waals surface area (Å²) >= 11 is 1.51. The van der Waals surface area contributed by atoms with Crippen molar-refractivity contribution in [3.05, 3.63) is 46.7 Å². The number of nitrogens with zero attached hydrogens (tertiary/aromatic N) is 2. The van der Waals surface area contributed by atoms with Crippen molar-refractivity contribution in [2.24, 2.45) is 0 Å². The van der Waals surface area contributed by atoms with E-state index in [0.29, 0.717) is 26.2 Å². The van der Waals surface area contributed by atoms with Crippen LogP contribution in [0.25, 0.3) is 0 Å². The molecule has 0 bridgehead atoms. The summed E-state index contributed by atoms with van der Waals surface area (Å²) in [6.07, 6.45) is 0.287. The maximum atomic E-state index is 12.6. The first-order chi connectivity index (χ1) is 13.5. The second-order valence-corrected chi connectivity index (χ2v) is 9.60. The first-order valence-electron chi connectivity index (χ1n) is 9.14. The predicted molar refractivity (Wildman–Crippen MR) is 112 cm³/mol. The topological polar surface area (TPSA) is 79.0 Å². The fourth-order valence-corrected chi connectivity index (χ4v) is 5.22. The van der Waals surface area contributed by atoms with Crippen LogP contribution in [0.15, 0.2) is 41.8 Å². The number of para-hydroxylation sites is 2. The van der Waals surface area contributed by atoms with E-state index in [1.165, 1.54) is 15.6 Å². The van der Waals surface area contributed by atoms with Gasteiger partial charge in [0.25, 0.3) is 0 Å². The van der Waals surface area contributed by atoms with Gasteiger partial charge in [0.2, 0.25) is 15.9 Å². The Hall–Kier alpha value is -2.10. The van der Waals surface area contributed by atoms with E-state index in [-0.39, 0.29) is 24.6 Å². The fourth-order valence-electron chi connectivity index (χ4n) is 3.18. The summed E-state index contributed by atoms with van der Waals surface area (Å²) in [6.45, 7) is 2.17. The van der Waals surface area contributed by atoms with Crippen LogP contribution in [-0.4, -0.2) is 64.2 Å². The van der Waals surface area contributed by atoms with Crippen molar-refractivity contribution in [1.29, 1.82) is 0 Å². The Balaban J connectivity index is 1.47. The Morgan fingerprint density at radius 1 is 1.14 bits per heavy atom. The van der Waals surface area contributed by atoms with Crippen LogP contribution in [0.1, 0.15) is 4.88 Å². The molecule has 28 heavy (non-hydrogen) atoms. The van der Waals surface area contributed by atoms with E-state index in [4.69, 9.17) is 4.74 Å². The van der Waals surface area contributed by atoms with E-state index in [1.54, 1.807) is 7.11 Å². The minimum Gasteiger partial charge on any atom is -0.495 e. The van der Waals surface area contributed by atoms with Gasteiger partial charge in [-0.15, -0.1) is 11.3 Å². The van der Waals surface area contributed by atoms with Crippen LogP contribution in [0, 0.1) is 0 Å². The molecule has 1 aliphatic heterocycles. The number of anilines is 1. The SMILES string of the molecule is COc1ccccc1N1CCN(S(=O)(=O)CCNC(=O)Cc2cccs2)CC1. The lowest BCUT2D eigenvalue weighted by Crippen LogP contribution is -2.50. The largest absolute Gasteiger partial charge is 0.495 e. The Morgan fingerprint density at radius 3 is 2.57 bits per heavy atom. The highest BCUT2D eigenvalue weighted by Crippen LogP contribution is 2.28. The molecule has 2 heterocycles. The molecular weight excluding hydrogens is 398 g/mol. The molecule has 0 unspecified atom stereocenters. The van der Waals surface area contributed by atoms with Gasteiger partial charge in [-0.2, -0.15) is 4.31 Å². The van der Waals surface area contributed by atoms with Crippen molar-refractivity contribution < 1.29 is 17.9 Å². The van der Waals surface area contributed by atoms with Crippen molar-refractivity contribution in [1.82, 2.24) is 9.62 Å². The monoisotopic (exact) mass is 423 g/mol. The van der Waals surface area contributed by atoms with Gasteiger partial charge in [0, 0.05) is 37.6 Å². The molecule has 0 aliphatic carbocycles. The molecule has 2 aromatic rings. The molecule has 1 amide bonds. The average molecular weight is 424 g/mol. The third kappa shape index (κ3) is 5.24. The van der Waals surface area contributed by atoms with Crippen molar-refractivity contribution in [2.75, 3.05) is 50.5 Å². The van der Waals surface area contributed by atoms with Gasteiger partial charge in [-0.05, 0) is 23.6 Å². The van der Waals surface area contributed by atoms with Gasteiger partial charge in [-0.25, -0.2) is 8.42 Å². The first kappa shape index (κ1) is 20.6. The molecule has 1 N–H and O–H groups in total. The summed E-state index contributed by atoms with van der Waals surface area (Å²) in [5, 5.41) is 4.62. The molecular formula is C19H25N3O4S2. The standard InChI is InChI=1S/C19H25N3O4S2/c1-26-18-7-3-2-6-17(18)21-9-11-22(12-10-21)28(24,25)14-8-20-19(23)15-16-5-4-13-27-16/h2-7,13H,8-12,14-15H2,1H3,(H,20,23). The number of ether oxygens (including phenoxy) is 1. The number of piperazine rings is 1. The van der Waals surface area contributed by atoms with Crippen molar-refractivity contribution >= 4 is 33.0 Å². The van der Waals surface area contributed by atoms with Crippen LogP contribution in [0.3, 0.4) is 0 Å². The highest BCUT2D eigenvalue weighted by atomic mass is 32.2. The van der Waals surface area contributed by atoms with Crippen molar-refractivity contribution in [3.8, 4) is 5.75 Å². The summed E-state index contributed by atoms with van der Waals surface area (Å²) in [7, 11) is -1.77. The first-order valence-corrected chi connectivity index (χ1v) is 11.6. The van der Waals surface area contributed by atoms with E-state index >= 15 is 0 Å². The fraction of sp³-hybridized carbons (Fsp3) is 0.421. The van der Waals surface area contributed by atoms with Gasteiger partial charge in [0.15, 0.2) is 0 Å². The van der Waals surface area contributed by atoms with Gasteiger partial charge < -0.3 is 15.0 Å². The molecule has 9 heteroatoms. The van der Waals surface area contributed by atoms with Crippen LogP contribution >= 0.6 is 11.3 Å². The molecule has 1 aromatic heterocycles. The van der Waals surface area contributed by atoms with Crippen LogP contribution < -0.4 is 15.0 Å². The number of rotatable bonds is 8. The minimum absolute atomic E-state index is 0.0855. The van der Waals surface area contributed by atoms with Gasteiger partial charge in [-0.3, -0.25) is 4.79 Å². The van der Waals surface area contributed by atoms with E-state index in [9.17, 15) is 13.2 Å². The molecule has 3 rings (SSSR count). The van der Waals surface area contributed by atoms with Crippen LogP contribution in [0.2, 0.25) is 0 Å². The van der Waals surface area contributed by atoms with Gasteiger partial charge >= 0.3 is 0 Å². The van der Waals surface area contributed by atoms with E-state index < -0.39 is 10.0 Å². The van der Waals surface area contributed by atoms with E-state index in [0.717, 1.165) is 16.3 Å². The quantitative estimate of drug-likeness (QED) is 0.697. The number of benzene rings is 1. The molecule has 1 aliphatic rings. The number of methoxy groups -OCH3 is 1. The van der Waals surface area contributed by atoms with Gasteiger partial charge in [-0.1, -0.05) is 18.2 Å². The van der Waals surface area contributed by atoms with Crippen LogP contribution in [0.4, 0.5) is 5.69 Å². The van der Waals surface area contributed by atoms with Crippen molar-refractivity contribution in [2.45, 2.75) is 6.42 Å². The highest BCUT2D eigenvalue weighted by molar-refractivity contribution is 7.89. The third-order valence-corrected chi connectivity index (χ3v) is 7.40. The summed E-state index contributed by atoms with van der Waals surface area (Å²) in [4.78, 5) is 15.0. The highest BCUT2D eigenvalue weighted by Gasteiger charge is 2.27. The number of carbonyl (C=O) groups is 1. The molecule has 0 atom stereocenters. The summed E-state index contributed by atoms with van der Waals surface area (Å²) in [5.74, 6) is 0.545. The number of carbonyl (C=O) groups excluding carboxylic acids is 1. The molecule has 7 nitrogen and oxygen atoms in total. The molecule has 0 spiro atoms. The van der Waals surface area contributed by atoms with Crippen LogP contribution in [-0.2, 0) is 21.2 Å². The smallest absolute Gasteiger partial charge is 0.225 e. The molecule has 1 aromatic carbocycles. The zero-order valence-corrected chi connectivity index (χ0v) is 17.5. The lowest BCUT2D eigenvalue weighted by molar-refractivity contribution is -0.120. The molecule has 0 radical (unpaired) electrons. The lowest BCUT2D eigenvalue weighted by atomic mass is 10.2. The number of sulfonamides is 1. The second-order valence-electron chi connectivity index (χ2n) is 6.48. The lowest BCUT2D eigenvalue weighted by Gasteiger charge is -2.36. The number of thiophene rings is 1. The molecule has 1 fully saturated rings. The van der Waals surface area contributed by atoms with Crippen molar-refractivity contribution in [3.63, 3.8) is 0 Å². The number of amides is 1. The summed E-state index contributed by atoms with van der Waals surface area (Å²) < 4.78 is 32.1. The molecule has 1 saturated heterocycles. The van der Waals surface area contributed by atoms with Gasteiger partial charge in [0.05, 0.1) is 25.0 Å². The molecule has 0 saturated carbocycles. The molecule has 152 valence electrons. The van der Waals surface area contributed by atoms with E-state index in [1.807, 2.05) is 41.8 Å². The predicted octanol–water partition coefficient (Wildman–Crippen LogP) is 1.57. The Labute approximate surface area is 170 Å². The second kappa shape index (κ2) is 9.40. The zero-order valence-electron chi connectivity index (χ0n) is 15.8.